The molecule has 1 N–H and O–H groups in total. The summed E-state index contributed by atoms with van der Waals surface area (Å²) in [4.78, 5) is 12.3. The van der Waals surface area contributed by atoms with E-state index in [-0.39, 0.29) is 5.91 Å². The van der Waals surface area contributed by atoms with Crippen molar-refractivity contribution in [3.05, 3.63) is 58.6 Å². The van der Waals surface area contributed by atoms with Crippen molar-refractivity contribution >= 4 is 23.2 Å². The summed E-state index contributed by atoms with van der Waals surface area (Å²) in [6.45, 7) is 7.85. The lowest BCUT2D eigenvalue weighted by Gasteiger charge is -2.18. The summed E-state index contributed by atoms with van der Waals surface area (Å²) in [5, 5.41) is 3.46. The molecule has 0 heterocycles. The molecule has 0 saturated heterocycles. The van der Waals surface area contributed by atoms with E-state index in [0.29, 0.717) is 16.6 Å². The van der Waals surface area contributed by atoms with Crippen LogP contribution in [0.5, 0.6) is 5.75 Å². The first-order valence-corrected chi connectivity index (χ1v) is 8.09. The number of hydrogen-bond donors (Lipinski definition) is 1. The van der Waals surface area contributed by atoms with Crippen LogP contribution in [0.4, 0.5) is 5.69 Å². The predicted molar refractivity (Wildman–Crippen MR) is 95.4 cm³/mol. The van der Waals surface area contributed by atoms with Crippen LogP contribution in [0.1, 0.15) is 37.8 Å². The van der Waals surface area contributed by atoms with Gasteiger partial charge in [0.1, 0.15) is 5.75 Å². The number of nitrogens with one attached hydrogen (secondary N) is 1. The summed E-state index contributed by atoms with van der Waals surface area (Å²) in [6.07, 6.45) is -0.602. The Balaban J connectivity index is 2.07. The number of benzene rings is 2. The van der Waals surface area contributed by atoms with Gasteiger partial charge >= 0.3 is 0 Å². The molecule has 0 spiro atoms. The van der Waals surface area contributed by atoms with Crippen molar-refractivity contribution in [2.24, 2.45) is 0 Å². The van der Waals surface area contributed by atoms with Gasteiger partial charge in [0.15, 0.2) is 6.10 Å². The summed E-state index contributed by atoms with van der Waals surface area (Å²) in [7, 11) is 0. The quantitative estimate of drug-likeness (QED) is 0.820. The number of carbonyl (C=O) groups is 1. The number of ether oxygens (including phenoxy) is 1. The highest BCUT2D eigenvalue weighted by Crippen LogP contribution is 2.27. The van der Waals surface area contributed by atoms with E-state index in [2.05, 4.69) is 19.2 Å². The van der Waals surface area contributed by atoms with Gasteiger partial charge in [-0.1, -0.05) is 49.7 Å². The molecule has 1 unspecified atom stereocenters. The third kappa shape index (κ3) is 4.49. The van der Waals surface area contributed by atoms with Crippen LogP contribution in [-0.2, 0) is 4.79 Å². The van der Waals surface area contributed by atoms with Crippen LogP contribution in [0.2, 0.25) is 5.02 Å². The molecule has 0 saturated carbocycles. The van der Waals surface area contributed by atoms with E-state index >= 15 is 0 Å². The second-order valence-electron chi connectivity index (χ2n) is 5.91. The molecule has 1 amide bonds. The zero-order valence-corrected chi connectivity index (χ0v) is 14.6. The Labute approximate surface area is 142 Å². The highest BCUT2D eigenvalue weighted by atomic mass is 35.5. The van der Waals surface area contributed by atoms with Crippen LogP contribution in [-0.4, -0.2) is 12.0 Å². The van der Waals surface area contributed by atoms with Crippen molar-refractivity contribution in [3.63, 3.8) is 0 Å². The number of hydrogen-bond acceptors (Lipinski definition) is 2. The second-order valence-corrected chi connectivity index (χ2v) is 6.31. The van der Waals surface area contributed by atoms with Crippen molar-refractivity contribution in [1.82, 2.24) is 0 Å². The Bertz CT molecular complexity index is 698. The van der Waals surface area contributed by atoms with Gasteiger partial charge in [-0.15, -0.1) is 0 Å². The van der Waals surface area contributed by atoms with Crippen molar-refractivity contribution in [1.29, 1.82) is 0 Å². The first kappa shape index (κ1) is 17.4. The summed E-state index contributed by atoms with van der Waals surface area (Å²) < 4.78 is 5.85. The monoisotopic (exact) mass is 331 g/mol. The summed E-state index contributed by atoms with van der Waals surface area (Å²) in [6, 6.07) is 13.2. The second kappa shape index (κ2) is 7.51. The van der Waals surface area contributed by atoms with E-state index in [1.807, 2.05) is 43.3 Å². The van der Waals surface area contributed by atoms with E-state index in [1.54, 1.807) is 13.0 Å². The van der Waals surface area contributed by atoms with Crippen LogP contribution in [0.15, 0.2) is 42.5 Å². The van der Waals surface area contributed by atoms with Crippen LogP contribution >= 0.6 is 11.6 Å². The number of aryl methyl sites for hydroxylation is 1. The van der Waals surface area contributed by atoms with Gasteiger partial charge in [-0.2, -0.15) is 0 Å². The maximum absolute atomic E-state index is 12.3. The maximum Gasteiger partial charge on any atom is 0.265 e. The number of rotatable bonds is 5. The van der Waals surface area contributed by atoms with Gasteiger partial charge in [0.25, 0.3) is 5.91 Å². The molecule has 0 fully saturated rings. The smallest absolute Gasteiger partial charge is 0.265 e. The Morgan fingerprint density at radius 3 is 2.48 bits per heavy atom. The molecule has 122 valence electrons. The average molecular weight is 332 g/mol. The summed E-state index contributed by atoms with van der Waals surface area (Å²) in [5.41, 5.74) is 2.73. The minimum absolute atomic E-state index is 0.205. The van der Waals surface area contributed by atoms with E-state index in [1.165, 1.54) is 0 Å². The van der Waals surface area contributed by atoms with Crippen LogP contribution in [0, 0.1) is 6.92 Å². The number of amides is 1. The Morgan fingerprint density at radius 1 is 1.13 bits per heavy atom. The molecule has 2 rings (SSSR count). The fraction of sp³-hybridized carbons (Fsp3) is 0.316. The van der Waals surface area contributed by atoms with Crippen LogP contribution < -0.4 is 10.1 Å². The maximum atomic E-state index is 12.3. The third-order valence-electron chi connectivity index (χ3n) is 3.65. The Kier molecular flexibility index (Phi) is 5.67. The van der Waals surface area contributed by atoms with Gasteiger partial charge < -0.3 is 10.1 Å². The lowest BCUT2D eigenvalue weighted by molar-refractivity contribution is -0.122. The molecule has 0 bridgehead atoms. The van der Waals surface area contributed by atoms with Crippen LogP contribution in [0.25, 0.3) is 0 Å². The van der Waals surface area contributed by atoms with E-state index < -0.39 is 6.10 Å². The normalized spacial score (nSPS) is 12.1. The van der Waals surface area contributed by atoms with Crippen molar-refractivity contribution in [3.8, 4) is 5.75 Å². The highest BCUT2D eigenvalue weighted by molar-refractivity contribution is 6.31. The molecular weight excluding hydrogens is 310 g/mol. The molecular formula is C19H22ClNO2. The zero-order valence-electron chi connectivity index (χ0n) is 13.9. The molecule has 2 aromatic carbocycles. The molecule has 0 aliphatic carbocycles. The first-order chi connectivity index (χ1) is 10.9. The fourth-order valence-corrected chi connectivity index (χ4v) is 2.40. The lowest BCUT2D eigenvalue weighted by Crippen LogP contribution is -2.30. The van der Waals surface area contributed by atoms with Crippen molar-refractivity contribution in [2.75, 3.05) is 5.32 Å². The molecule has 3 nitrogen and oxygen atoms in total. The summed E-state index contributed by atoms with van der Waals surface area (Å²) >= 11 is 6.08. The van der Waals surface area contributed by atoms with Crippen molar-refractivity contribution in [2.45, 2.75) is 39.7 Å². The molecule has 2 aromatic rings. The number of carbonyl (C=O) groups excluding carboxylic acids is 1. The average Bonchev–Trinajstić information content (AvgIpc) is 2.51. The minimum atomic E-state index is -0.602. The van der Waals surface area contributed by atoms with E-state index in [9.17, 15) is 4.79 Å². The fourth-order valence-electron chi connectivity index (χ4n) is 2.22. The zero-order chi connectivity index (χ0) is 17.0. The molecule has 0 aromatic heterocycles. The largest absolute Gasteiger partial charge is 0.481 e. The first-order valence-electron chi connectivity index (χ1n) is 7.71. The summed E-state index contributed by atoms with van der Waals surface area (Å²) in [5.74, 6) is 0.868. The highest BCUT2D eigenvalue weighted by Gasteiger charge is 2.17. The molecule has 4 heteroatoms. The standard InChI is InChI=1S/C19H22ClNO2/c1-12(2)16-7-5-6-8-18(16)23-14(4)19(22)21-15-10-9-13(3)17(20)11-15/h5-12,14H,1-4H3,(H,21,22). The topological polar surface area (TPSA) is 38.3 Å². The van der Waals surface area contributed by atoms with Gasteiger partial charge in [-0.25, -0.2) is 0 Å². The molecule has 0 aliphatic rings. The lowest BCUT2D eigenvalue weighted by atomic mass is 10.0. The Morgan fingerprint density at radius 2 is 1.83 bits per heavy atom. The van der Waals surface area contributed by atoms with Gasteiger partial charge in [-0.05, 0) is 49.1 Å². The molecule has 0 aliphatic heterocycles. The van der Waals surface area contributed by atoms with Gasteiger partial charge in [0.2, 0.25) is 0 Å². The van der Waals surface area contributed by atoms with Gasteiger partial charge in [0, 0.05) is 10.7 Å². The molecule has 1 atom stereocenters. The molecule has 23 heavy (non-hydrogen) atoms. The molecule has 0 radical (unpaired) electrons. The predicted octanol–water partition coefficient (Wildman–Crippen LogP) is 5.18. The minimum Gasteiger partial charge on any atom is -0.481 e. The van der Waals surface area contributed by atoms with E-state index in [0.717, 1.165) is 16.9 Å². The van der Waals surface area contributed by atoms with Gasteiger partial charge in [-0.3, -0.25) is 4.79 Å². The number of anilines is 1. The SMILES string of the molecule is Cc1ccc(NC(=O)C(C)Oc2ccccc2C(C)C)cc1Cl. The van der Waals surface area contributed by atoms with Gasteiger partial charge in [0.05, 0.1) is 0 Å². The number of halogens is 1. The van der Waals surface area contributed by atoms with Crippen LogP contribution in [0.3, 0.4) is 0 Å². The van der Waals surface area contributed by atoms with Crippen molar-refractivity contribution < 1.29 is 9.53 Å². The number of para-hydroxylation sites is 1. The third-order valence-corrected chi connectivity index (χ3v) is 4.06. The van der Waals surface area contributed by atoms with E-state index in [4.69, 9.17) is 16.3 Å². The Hall–Kier alpha value is -2.00.